The molecular formula is C15H20N4O3S. The van der Waals surface area contributed by atoms with Crippen molar-refractivity contribution in [3.63, 3.8) is 0 Å². The number of sulfonamides is 1. The highest BCUT2D eigenvalue weighted by molar-refractivity contribution is 7.88. The fourth-order valence-electron chi connectivity index (χ4n) is 2.42. The average molecular weight is 336 g/mol. The van der Waals surface area contributed by atoms with E-state index in [-0.39, 0.29) is 6.03 Å². The SMILES string of the molecule is CS(=O)(=O)N1CCCN(C(=O)NCc2ccc(C#N)cc2)CC1. The fraction of sp³-hybridized carbons (Fsp3) is 0.467. The molecule has 8 heteroatoms. The van der Waals surface area contributed by atoms with Gasteiger partial charge in [0.05, 0.1) is 17.9 Å². The molecule has 1 heterocycles. The summed E-state index contributed by atoms with van der Waals surface area (Å²) < 4.78 is 24.5. The number of nitriles is 1. The molecule has 1 aliphatic heterocycles. The number of nitrogens with one attached hydrogen (secondary N) is 1. The maximum absolute atomic E-state index is 12.2. The molecule has 1 aromatic rings. The van der Waals surface area contributed by atoms with Crippen molar-refractivity contribution in [1.29, 1.82) is 5.26 Å². The van der Waals surface area contributed by atoms with Crippen molar-refractivity contribution < 1.29 is 13.2 Å². The van der Waals surface area contributed by atoms with Crippen LogP contribution in [0.25, 0.3) is 0 Å². The van der Waals surface area contributed by atoms with E-state index in [0.29, 0.717) is 44.7 Å². The topological polar surface area (TPSA) is 93.5 Å². The van der Waals surface area contributed by atoms with Crippen LogP contribution in [0.1, 0.15) is 17.5 Å². The predicted molar refractivity (Wildman–Crippen MR) is 86.0 cm³/mol. The van der Waals surface area contributed by atoms with Crippen LogP contribution in [0.5, 0.6) is 0 Å². The van der Waals surface area contributed by atoms with E-state index in [0.717, 1.165) is 5.56 Å². The van der Waals surface area contributed by atoms with E-state index in [9.17, 15) is 13.2 Å². The standard InChI is InChI=1S/C15H20N4O3S/c1-23(21,22)19-8-2-7-18(9-10-19)15(20)17-12-14-5-3-13(11-16)4-6-14/h3-6H,2,7-10,12H2,1H3,(H,17,20). The van der Waals surface area contributed by atoms with Crippen molar-refractivity contribution >= 4 is 16.1 Å². The monoisotopic (exact) mass is 336 g/mol. The molecule has 0 atom stereocenters. The third-order valence-electron chi connectivity index (χ3n) is 3.74. The van der Waals surface area contributed by atoms with Crippen molar-refractivity contribution in [2.24, 2.45) is 0 Å². The molecule has 23 heavy (non-hydrogen) atoms. The molecule has 1 N–H and O–H groups in total. The van der Waals surface area contributed by atoms with Gasteiger partial charge >= 0.3 is 6.03 Å². The van der Waals surface area contributed by atoms with Gasteiger partial charge in [-0.2, -0.15) is 5.26 Å². The minimum Gasteiger partial charge on any atom is -0.334 e. The Morgan fingerprint density at radius 2 is 1.91 bits per heavy atom. The largest absolute Gasteiger partial charge is 0.334 e. The Labute approximate surface area is 136 Å². The van der Waals surface area contributed by atoms with Gasteiger partial charge < -0.3 is 10.2 Å². The Morgan fingerprint density at radius 1 is 1.22 bits per heavy atom. The van der Waals surface area contributed by atoms with Crippen molar-refractivity contribution in [2.45, 2.75) is 13.0 Å². The van der Waals surface area contributed by atoms with E-state index in [1.165, 1.54) is 10.6 Å². The number of carbonyl (C=O) groups excluding carboxylic acids is 1. The van der Waals surface area contributed by atoms with E-state index in [1.807, 2.05) is 6.07 Å². The molecule has 2 rings (SSSR count). The number of nitrogens with zero attached hydrogens (tertiary/aromatic N) is 3. The molecule has 0 aliphatic carbocycles. The van der Waals surface area contributed by atoms with Crippen LogP contribution in [0, 0.1) is 11.3 Å². The number of urea groups is 1. The van der Waals surface area contributed by atoms with Crippen LogP contribution in [-0.2, 0) is 16.6 Å². The Balaban J connectivity index is 1.87. The van der Waals surface area contributed by atoms with E-state index in [4.69, 9.17) is 5.26 Å². The molecular weight excluding hydrogens is 316 g/mol. The van der Waals surface area contributed by atoms with Crippen LogP contribution in [0.2, 0.25) is 0 Å². The van der Waals surface area contributed by atoms with Crippen molar-refractivity contribution in [3.05, 3.63) is 35.4 Å². The van der Waals surface area contributed by atoms with Gasteiger partial charge in [-0.1, -0.05) is 12.1 Å². The molecule has 0 bridgehead atoms. The molecule has 0 aromatic heterocycles. The molecule has 1 aliphatic rings. The number of rotatable bonds is 3. The number of carbonyl (C=O) groups is 1. The van der Waals surface area contributed by atoms with Gasteiger partial charge in [0.15, 0.2) is 0 Å². The number of hydrogen-bond donors (Lipinski definition) is 1. The van der Waals surface area contributed by atoms with E-state index in [1.54, 1.807) is 29.2 Å². The first-order valence-corrected chi connectivity index (χ1v) is 9.22. The van der Waals surface area contributed by atoms with Gasteiger partial charge in [-0.25, -0.2) is 17.5 Å². The molecule has 7 nitrogen and oxygen atoms in total. The molecule has 0 radical (unpaired) electrons. The zero-order chi connectivity index (χ0) is 16.9. The van der Waals surface area contributed by atoms with Crippen LogP contribution in [-0.4, -0.2) is 56.1 Å². The third-order valence-corrected chi connectivity index (χ3v) is 5.04. The van der Waals surface area contributed by atoms with Crippen molar-refractivity contribution in [2.75, 3.05) is 32.4 Å². The highest BCUT2D eigenvalue weighted by Gasteiger charge is 2.23. The first-order valence-electron chi connectivity index (χ1n) is 7.37. The first-order chi connectivity index (χ1) is 10.9. The minimum atomic E-state index is -3.21. The van der Waals surface area contributed by atoms with Crippen molar-refractivity contribution in [3.8, 4) is 6.07 Å². The first kappa shape index (κ1) is 17.2. The number of amides is 2. The smallest absolute Gasteiger partial charge is 0.317 e. The van der Waals surface area contributed by atoms with Gasteiger partial charge in [-0.15, -0.1) is 0 Å². The van der Waals surface area contributed by atoms with Crippen LogP contribution in [0.15, 0.2) is 24.3 Å². The highest BCUT2D eigenvalue weighted by Crippen LogP contribution is 2.08. The van der Waals surface area contributed by atoms with Crippen LogP contribution >= 0.6 is 0 Å². The van der Waals surface area contributed by atoms with Crippen LogP contribution < -0.4 is 5.32 Å². The molecule has 0 unspecified atom stereocenters. The molecule has 1 aromatic carbocycles. The molecule has 124 valence electrons. The lowest BCUT2D eigenvalue weighted by Gasteiger charge is -2.21. The second kappa shape index (κ2) is 7.44. The predicted octanol–water partition coefficient (Wildman–Crippen LogP) is 0.735. The van der Waals surface area contributed by atoms with Gasteiger partial charge in [0.1, 0.15) is 0 Å². The van der Waals surface area contributed by atoms with E-state index in [2.05, 4.69) is 5.32 Å². The lowest BCUT2D eigenvalue weighted by Crippen LogP contribution is -2.42. The van der Waals surface area contributed by atoms with Crippen molar-refractivity contribution in [1.82, 2.24) is 14.5 Å². The van der Waals surface area contributed by atoms with Gasteiger partial charge in [0.2, 0.25) is 10.0 Å². The second-order valence-electron chi connectivity index (χ2n) is 5.47. The summed E-state index contributed by atoms with van der Waals surface area (Å²) in [6.07, 6.45) is 1.81. The number of hydrogen-bond acceptors (Lipinski definition) is 4. The Bertz CT molecular complexity index is 694. The molecule has 0 saturated carbocycles. The lowest BCUT2D eigenvalue weighted by atomic mass is 10.1. The normalized spacial score (nSPS) is 16.4. The van der Waals surface area contributed by atoms with Gasteiger partial charge in [0, 0.05) is 32.7 Å². The zero-order valence-electron chi connectivity index (χ0n) is 13.0. The summed E-state index contributed by atoms with van der Waals surface area (Å²) in [5.74, 6) is 0. The number of benzene rings is 1. The molecule has 0 spiro atoms. The van der Waals surface area contributed by atoms with Gasteiger partial charge in [-0.3, -0.25) is 0 Å². The lowest BCUT2D eigenvalue weighted by molar-refractivity contribution is 0.200. The summed E-state index contributed by atoms with van der Waals surface area (Å²) in [5.41, 5.74) is 1.48. The van der Waals surface area contributed by atoms with E-state index >= 15 is 0 Å². The molecule has 2 amide bonds. The van der Waals surface area contributed by atoms with E-state index < -0.39 is 10.0 Å². The van der Waals surface area contributed by atoms with Crippen LogP contribution in [0.4, 0.5) is 4.79 Å². The third kappa shape index (κ3) is 4.94. The average Bonchev–Trinajstić information content (AvgIpc) is 2.79. The Morgan fingerprint density at radius 3 is 2.52 bits per heavy atom. The summed E-state index contributed by atoms with van der Waals surface area (Å²) in [4.78, 5) is 13.8. The Kier molecular flexibility index (Phi) is 5.58. The van der Waals surface area contributed by atoms with Gasteiger partial charge in [-0.05, 0) is 24.1 Å². The quantitative estimate of drug-likeness (QED) is 0.881. The van der Waals surface area contributed by atoms with Crippen LogP contribution in [0.3, 0.4) is 0 Å². The summed E-state index contributed by atoms with van der Waals surface area (Å²) in [6.45, 7) is 2.05. The summed E-state index contributed by atoms with van der Waals surface area (Å²) in [5, 5.41) is 11.6. The van der Waals surface area contributed by atoms with Gasteiger partial charge in [0.25, 0.3) is 0 Å². The minimum absolute atomic E-state index is 0.204. The maximum atomic E-state index is 12.2. The molecule has 1 fully saturated rings. The second-order valence-corrected chi connectivity index (χ2v) is 7.45. The summed E-state index contributed by atoms with van der Waals surface area (Å²) >= 11 is 0. The zero-order valence-corrected chi connectivity index (χ0v) is 13.8. The summed E-state index contributed by atoms with van der Waals surface area (Å²) in [7, 11) is -3.21. The highest BCUT2D eigenvalue weighted by atomic mass is 32.2. The Hall–Kier alpha value is -2.11. The maximum Gasteiger partial charge on any atom is 0.317 e. The molecule has 1 saturated heterocycles. The summed E-state index contributed by atoms with van der Waals surface area (Å²) in [6, 6.07) is 8.85. The fourth-order valence-corrected chi connectivity index (χ4v) is 3.29.